The molecule has 1 N–H and O–H groups in total. The standard InChI is InChI=1S/C17H19N3/c1-13(17(18-2)14-8-4-3-5-9-14)20-12-19-15-10-6-7-11-16(15)20/h3-13,17-18H,1-2H3. The predicted octanol–water partition coefficient (Wildman–Crippen LogP) is 3.56. The Kier molecular flexibility index (Phi) is 3.52. The molecule has 0 saturated carbocycles. The highest BCUT2D eigenvalue weighted by atomic mass is 15.1. The molecule has 0 fully saturated rings. The normalized spacial score (nSPS) is 14.3. The van der Waals surface area contributed by atoms with Gasteiger partial charge in [0.15, 0.2) is 0 Å². The highest BCUT2D eigenvalue weighted by Crippen LogP contribution is 2.28. The molecule has 0 aliphatic rings. The molecule has 2 unspecified atom stereocenters. The minimum atomic E-state index is 0.258. The lowest BCUT2D eigenvalue weighted by Crippen LogP contribution is -2.25. The number of rotatable bonds is 4. The molecule has 1 heterocycles. The quantitative estimate of drug-likeness (QED) is 0.781. The summed E-state index contributed by atoms with van der Waals surface area (Å²) in [5, 5.41) is 3.42. The van der Waals surface area contributed by atoms with Gasteiger partial charge >= 0.3 is 0 Å². The van der Waals surface area contributed by atoms with Gasteiger partial charge in [-0.1, -0.05) is 42.5 Å². The summed E-state index contributed by atoms with van der Waals surface area (Å²) in [6, 6.07) is 19.3. The molecule has 20 heavy (non-hydrogen) atoms. The summed E-state index contributed by atoms with van der Waals surface area (Å²) in [5.41, 5.74) is 3.51. The van der Waals surface area contributed by atoms with E-state index in [1.807, 2.05) is 25.5 Å². The number of hydrogen-bond acceptors (Lipinski definition) is 2. The van der Waals surface area contributed by atoms with Crippen LogP contribution in [0, 0.1) is 0 Å². The number of aromatic nitrogens is 2. The van der Waals surface area contributed by atoms with Gasteiger partial charge in [0.1, 0.15) is 0 Å². The minimum Gasteiger partial charge on any atom is -0.326 e. The lowest BCUT2D eigenvalue weighted by Gasteiger charge is -2.25. The van der Waals surface area contributed by atoms with Gasteiger partial charge < -0.3 is 9.88 Å². The Hall–Kier alpha value is -2.13. The van der Waals surface area contributed by atoms with E-state index < -0.39 is 0 Å². The van der Waals surface area contributed by atoms with E-state index >= 15 is 0 Å². The summed E-state index contributed by atoms with van der Waals surface area (Å²) >= 11 is 0. The molecule has 0 aliphatic heterocycles. The molecule has 0 saturated heterocycles. The highest BCUT2D eigenvalue weighted by molar-refractivity contribution is 5.75. The third-order valence-corrected chi connectivity index (χ3v) is 3.87. The minimum absolute atomic E-state index is 0.258. The van der Waals surface area contributed by atoms with Crippen LogP contribution in [0.5, 0.6) is 0 Å². The Morgan fingerprint density at radius 3 is 2.45 bits per heavy atom. The maximum absolute atomic E-state index is 4.49. The molecule has 0 radical (unpaired) electrons. The summed E-state index contributed by atoms with van der Waals surface area (Å²) in [6.45, 7) is 2.22. The molecule has 3 nitrogen and oxygen atoms in total. The van der Waals surface area contributed by atoms with Crippen LogP contribution in [0.1, 0.15) is 24.6 Å². The summed E-state index contributed by atoms with van der Waals surface area (Å²) in [5.74, 6) is 0. The van der Waals surface area contributed by atoms with Crippen molar-refractivity contribution in [3.8, 4) is 0 Å². The van der Waals surface area contributed by atoms with E-state index in [1.54, 1.807) is 0 Å². The lowest BCUT2D eigenvalue weighted by atomic mass is 10.0. The number of nitrogens with one attached hydrogen (secondary N) is 1. The molecule has 102 valence electrons. The summed E-state index contributed by atoms with van der Waals surface area (Å²) < 4.78 is 2.24. The molecular formula is C17H19N3. The van der Waals surface area contributed by atoms with Crippen LogP contribution in [0.15, 0.2) is 60.9 Å². The van der Waals surface area contributed by atoms with Crippen LogP contribution in [0.4, 0.5) is 0 Å². The number of para-hydroxylation sites is 2. The van der Waals surface area contributed by atoms with E-state index in [0.717, 1.165) is 5.52 Å². The average Bonchev–Trinajstić information content (AvgIpc) is 2.93. The van der Waals surface area contributed by atoms with Gasteiger partial charge in [-0.2, -0.15) is 0 Å². The molecule has 2 aromatic carbocycles. The van der Waals surface area contributed by atoms with Crippen molar-refractivity contribution in [2.24, 2.45) is 0 Å². The third-order valence-electron chi connectivity index (χ3n) is 3.87. The number of likely N-dealkylation sites (N-methyl/N-ethyl adjacent to an activating group) is 1. The summed E-state index contributed by atoms with van der Waals surface area (Å²) in [4.78, 5) is 4.49. The van der Waals surface area contributed by atoms with Crippen LogP contribution in [0.2, 0.25) is 0 Å². The van der Waals surface area contributed by atoms with E-state index in [0.29, 0.717) is 0 Å². The van der Waals surface area contributed by atoms with Gasteiger partial charge in [0.05, 0.1) is 29.4 Å². The Morgan fingerprint density at radius 2 is 1.70 bits per heavy atom. The molecule has 3 aromatic rings. The fourth-order valence-electron chi connectivity index (χ4n) is 2.81. The van der Waals surface area contributed by atoms with Gasteiger partial charge in [0.2, 0.25) is 0 Å². The van der Waals surface area contributed by atoms with E-state index in [1.165, 1.54) is 11.1 Å². The van der Waals surface area contributed by atoms with Gasteiger partial charge in [0, 0.05) is 0 Å². The maximum Gasteiger partial charge on any atom is 0.0961 e. The first kappa shape index (κ1) is 12.9. The van der Waals surface area contributed by atoms with Crippen LogP contribution in [-0.2, 0) is 0 Å². The predicted molar refractivity (Wildman–Crippen MR) is 82.7 cm³/mol. The zero-order valence-electron chi connectivity index (χ0n) is 11.8. The number of nitrogens with zero attached hydrogens (tertiary/aromatic N) is 2. The maximum atomic E-state index is 4.49. The smallest absolute Gasteiger partial charge is 0.0961 e. The molecule has 1 aromatic heterocycles. The van der Waals surface area contributed by atoms with Crippen molar-refractivity contribution >= 4 is 11.0 Å². The Labute approximate surface area is 119 Å². The van der Waals surface area contributed by atoms with Crippen LogP contribution in [0.3, 0.4) is 0 Å². The first-order valence-corrected chi connectivity index (χ1v) is 6.95. The largest absolute Gasteiger partial charge is 0.326 e. The van der Waals surface area contributed by atoms with Gasteiger partial charge in [-0.15, -0.1) is 0 Å². The molecular weight excluding hydrogens is 246 g/mol. The van der Waals surface area contributed by atoms with Crippen molar-refractivity contribution in [1.29, 1.82) is 0 Å². The Bertz CT molecular complexity index is 688. The van der Waals surface area contributed by atoms with Crippen LogP contribution in [0.25, 0.3) is 11.0 Å². The van der Waals surface area contributed by atoms with Crippen molar-refractivity contribution in [2.75, 3.05) is 7.05 Å². The summed E-state index contributed by atoms with van der Waals surface area (Å²) in [6.07, 6.45) is 1.93. The number of imidazole rings is 1. The Balaban J connectivity index is 2.00. The molecule has 3 heteroatoms. The van der Waals surface area contributed by atoms with Crippen molar-refractivity contribution in [3.05, 3.63) is 66.5 Å². The molecule has 0 aliphatic carbocycles. The SMILES string of the molecule is CNC(c1ccccc1)C(C)n1cnc2ccccc21. The first-order chi connectivity index (χ1) is 9.81. The average molecular weight is 265 g/mol. The van der Waals surface area contributed by atoms with Crippen LogP contribution < -0.4 is 5.32 Å². The fraction of sp³-hybridized carbons (Fsp3) is 0.235. The van der Waals surface area contributed by atoms with E-state index in [4.69, 9.17) is 0 Å². The van der Waals surface area contributed by atoms with E-state index in [9.17, 15) is 0 Å². The Morgan fingerprint density at radius 1 is 1.00 bits per heavy atom. The highest BCUT2D eigenvalue weighted by Gasteiger charge is 2.20. The van der Waals surface area contributed by atoms with Gasteiger partial charge in [-0.25, -0.2) is 4.98 Å². The van der Waals surface area contributed by atoms with Gasteiger partial charge in [-0.3, -0.25) is 0 Å². The van der Waals surface area contributed by atoms with Crippen molar-refractivity contribution in [1.82, 2.24) is 14.9 Å². The molecule has 0 amide bonds. The van der Waals surface area contributed by atoms with Crippen LogP contribution >= 0.6 is 0 Å². The zero-order valence-corrected chi connectivity index (χ0v) is 11.8. The fourth-order valence-corrected chi connectivity index (χ4v) is 2.81. The first-order valence-electron chi connectivity index (χ1n) is 6.95. The van der Waals surface area contributed by atoms with Crippen molar-refractivity contribution < 1.29 is 0 Å². The molecule has 2 atom stereocenters. The van der Waals surface area contributed by atoms with E-state index in [2.05, 4.69) is 64.3 Å². The van der Waals surface area contributed by atoms with Gasteiger partial charge in [-0.05, 0) is 31.7 Å². The monoisotopic (exact) mass is 265 g/mol. The number of fused-ring (bicyclic) bond motifs is 1. The van der Waals surface area contributed by atoms with Crippen molar-refractivity contribution in [3.63, 3.8) is 0 Å². The lowest BCUT2D eigenvalue weighted by molar-refractivity contribution is 0.409. The molecule has 0 spiro atoms. The molecule has 3 rings (SSSR count). The second-order valence-electron chi connectivity index (χ2n) is 5.06. The second kappa shape index (κ2) is 5.47. The number of hydrogen-bond donors (Lipinski definition) is 1. The van der Waals surface area contributed by atoms with Gasteiger partial charge in [0.25, 0.3) is 0 Å². The topological polar surface area (TPSA) is 29.9 Å². The number of benzene rings is 2. The zero-order chi connectivity index (χ0) is 13.9. The summed E-state index contributed by atoms with van der Waals surface area (Å²) in [7, 11) is 2.01. The van der Waals surface area contributed by atoms with Crippen LogP contribution in [-0.4, -0.2) is 16.6 Å². The molecule has 0 bridgehead atoms. The third kappa shape index (κ3) is 2.21. The van der Waals surface area contributed by atoms with E-state index in [-0.39, 0.29) is 12.1 Å². The van der Waals surface area contributed by atoms with Crippen molar-refractivity contribution in [2.45, 2.75) is 19.0 Å². The second-order valence-corrected chi connectivity index (χ2v) is 5.06.